The molecule has 6 heteroatoms. The fourth-order valence-electron chi connectivity index (χ4n) is 2.43. The van der Waals surface area contributed by atoms with Crippen LogP contribution in [0.2, 0.25) is 0 Å². The molecule has 3 aromatic rings. The molecule has 0 saturated heterocycles. The van der Waals surface area contributed by atoms with E-state index in [-0.39, 0.29) is 17.9 Å². The number of fused-ring (bicyclic) bond motifs is 1. The number of hydrogen-bond acceptors (Lipinski definition) is 4. The van der Waals surface area contributed by atoms with E-state index in [0.29, 0.717) is 11.4 Å². The van der Waals surface area contributed by atoms with E-state index < -0.39 is 11.8 Å². The highest BCUT2D eigenvalue weighted by Gasteiger charge is 2.13. The van der Waals surface area contributed by atoms with Crippen molar-refractivity contribution in [3.63, 3.8) is 0 Å². The molecule has 0 aromatic heterocycles. The van der Waals surface area contributed by atoms with E-state index >= 15 is 0 Å². The van der Waals surface area contributed by atoms with E-state index in [9.17, 15) is 14.7 Å². The molecule has 0 spiro atoms. The van der Waals surface area contributed by atoms with Crippen molar-refractivity contribution in [3.05, 3.63) is 66.2 Å². The first kappa shape index (κ1) is 16.3. The van der Waals surface area contributed by atoms with Crippen LogP contribution >= 0.6 is 0 Å². The largest absolute Gasteiger partial charge is 0.507 e. The Morgan fingerprint density at radius 3 is 2.44 bits per heavy atom. The number of benzene rings is 3. The lowest BCUT2D eigenvalue weighted by atomic mass is 10.1. The molecule has 0 heterocycles. The van der Waals surface area contributed by atoms with Crippen molar-refractivity contribution >= 4 is 28.3 Å². The minimum atomic E-state index is -0.587. The highest BCUT2D eigenvalue weighted by atomic mass is 16.5. The van der Waals surface area contributed by atoms with Gasteiger partial charge in [0.25, 0.3) is 11.8 Å². The van der Waals surface area contributed by atoms with Gasteiger partial charge in [-0.25, -0.2) is 0 Å². The van der Waals surface area contributed by atoms with Gasteiger partial charge < -0.3 is 20.9 Å². The van der Waals surface area contributed by atoms with Gasteiger partial charge >= 0.3 is 0 Å². The molecular weight excluding hydrogens is 320 g/mol. The van der Waals surface area contributed by atoms with Crippen LogP contribution in [0.4, 0.5) is 5.69 Å². The predicted molar refractivity (Wildman–Crippen MR) is 94.7 cm³/mol. The quantitative estimate of drug-likeness (QED) is 0.666. The molecule has 2 amide bonds. The van der Waals surface area contributed by atoms with Crippen LogP contribution in [-0.2, 0) is 4.79 Å². The van der Waals surface area contributed by atoms with E-state index in [4.69, 9.17) is 10.5 Å². The van der Waals surface area contributed by atoms with E-state index in [1.807, 2.05) is 24.3 Å². The molecule has 3 rings (SSSR count). The molecule has 0 unspecified atom stereocenters. The number of nitrogens with two attached hydrogens (primary N) is 1. The number of ether oxygens (including phenoxy) is 1. The molecule has 25 heavy (non-hydrogen) atoms. The fourth-order valence-corrected chi connectivity index (χ4v) is 2.43. The van der Waals surface area contributed by atoms with Gasteiger partial charge in [-0.15, -0.1) is 0 Å². The third-order valence-corrected chi connectivity index (χ3v) is 3.58. The van der Waals surface area contributed by atoms with Gasteiger partial charge in [0.05, 0.1) is 5.56 Å². The van der Waals surface area contributed by atoms with Crippen molar-refractivity contribution in [1.29, 1.82) is 0 Å². The Morgan fingerprint density at radius 2 is 1.72 bits per heavy atom. The molecule has 126 valence electrons. The lowest BCUT2D eigenvalue weighted by molar-refractivity contribution is -0.119. The molecule has 4 N–H and O–H groups in total. The van der Waals surface area contributed by atoms with Crippen molar-refractivity contribution in [2.45, 2.75) is 0 Å². The zero-order valence-electron chi connectivity index (χ0n) is 13.2. The van der Waals surface area contributed by atoms with Crippen LogP contribution in [0.15, 0.2) is 60.7 Å². The second kappa shape index (κ2) is 6.92. The van der Waals surface area contributed by atoms with E-state index in [1.54, 1.807) is 36.4 Å². The van der Waals surface area contributed by atoms with Crippen LogP contribution in [0.5, 0.6) is 11.5 Å². The van der Waals surface area contributed by atoms with Crippen molar-refractivity contribution in [1.82, 2.24) is 0 Å². The lowest BCUT2D eigenvalue weighted by Crippen LogP contribution is -2.20. The molecule has 0 atom stereocenters. The molecule has 0 bridgehead atoms. The molecule has 0 aliphatic rings. The smallest absolute Gasteiger partial charge is 0.259 e. The Bertz CT molecular complexity index is 953. The first-order chi connectivity index (χ1) is 12.0. The topological polar surface area (TPSA) is 102 Å². The average Bonchev–Trinajstić information content (AvgIpc) is 2.59. The number of phenols is 1. The van der Waals surface area contributed by atoms with Crippen LogP contribution in [0.3, 0.4) is 0 Å². The van der Waals surface area contributed by atoms with Gasteiger partial charge in [0.2, 0.25) is 0 Å². The minimum Gasteiger partial charge on any atom is -0.507 e. The monoisotopic (exact) mass is 336 g/mol. The number of aromatic hydroxyl groups is 1. The third-order valence-electron chi connectivity index (χ3n) is 3.58. The molecular formula is C19H16N2O4. The van der Waals surface area contributed by atoms with Crippen LogP contribution < -0.4 is 15.8 Å². The summed E-state index contributed by atoms with van der Waals surface area (Å²) in [5.74, 6) is -0.734. The zero-order chi connectivity index (χ0) is 17.8. The first-order valence-corrected chi connectivity index (χ1v) is 7.57. The van der Waals surface area contributed by atoms with E-state index in [1.165, 1.54) is 0 Å². The molecule has 0 aliphatic carbocycles. The second-order valence-corrected chi connectivity index (χ2v) is 5.45. The summed E-state index contributed by atoms with van der Waals surface area (Å²) in [5, 5.41) is 14.5. The van der Waals surface area contributed by atoms with Gasteiger partial charge in [0.1, 0.15) is 11.5 Å². The summed E-state index contributed by atoms with van der Waals surface area (Å²) in [4.78, 5) is 23.2. The molecule has 3 aromatic carbocycles. The summed E-state index contributed by atoms with van der Waals surface area (Å²) in [5.41, 5.74) is 5.68. The molecule has 0 saturated carbocycles. The first-order valence-electron chi connectivity index (χ1n) is 7.57. The van der Waals surface area contributed by atoms with Crippen molar-refractivity contribution in [2.24, 2.45) is 5.73 Å². The number of primary amides is 1. The molecule has 0 aliphatic heterocycles. The van der Waals surface area contributed by atoms with Gasteiger partial charge in [-0.1, -0.05) is 30.3 Å². The number of hydrogen-bond donors (Lipinski definition) is 3. The predicted octanol–water partition coefficient (Wildman–Crippen LogP) is 2.66. The Balaban J connectivity index is 1.81. The highest BCUT2D eigenvalue weighted by Crippen LogP contribution is 2.26. The molecule has 0 radical (unpaired) electrons. The van der Waals surface area contributed by atoms with Crippen molar-refractivity contribution in [2.75, 3.05) is 11.9 Å². The molecule has 0 fully saturated rings. The van der Waals surface area contributed by atoms with Crippen LogP contribution in [0.1, 0.15) is 10.4 Å². The second-order valence-electron chi connectivity index (χ2n) is 5.45. The van der Waals surface area contributed by atoms with Gasteiger partial charge in [-0.2, -0.15) is 0 Å². The maximum atomic E-state index is 12.5. The number of phenolic OH excluding ortho intramolecular Hbond substituents is 1. The van der Waals surface area contributed by atoms with Crippen LogP contribution in [0.25, 0.3) is 10.8 Å². The fraction of sp³-hybridized carbons (Fsp3) is 0.0526. The summed E-state index contributed by atoms with van der Waals surface area (Å²) < 4.78 is 5.20. The highest BCUT2D eigenvalue weighted by molar-refractivity contribution is 6.08. The Labute approximate surface area is 143 Å². The number of anilines is 1. The normalized spacial score (nSPS) is 10.4. The molecule has 6 nitrogen and oxygen atoms in total. The SMILES string of the molecule is NC(=O)COc1cccc(NC(=O)c2cc3ccccc3cc2O)c1. The third kappa shape index (κ3) is 3.87. The van der Waals surface area contributed by atoms with Crippen LogP contribution in [0, 0.1) is 0 Å². The number of amides is 2. The number of carbonyl (C=O) groups excluding carboxylic acids is 2. The summed E-state index contributed by atoms with van der Waals surface area (Å²) in [6, 6.07) is 17.2. The van der Waals surface area contributed by atoms with Crippen molar-refractivity contribution in [3.8, 4) is 11.5 Å². The van der Waals surface area contributed by atoms with Crippen molar-refractivity contribution < 1.29 is 19.4 Å². The average molecular weight is 336 g/mol. The van der Waals surface area contributed by atoms with Gasteiger partial charge in [0, 0.05) is 11.8 Å². The van der Waals surface area contributed by atoms with E-state index in [2.05, 4.69) is 5.32 Å². The summed E-state index contributed by atoms with van der Waals surface area (Å²) in [6.07, 6.45) is 0. The van der Waals surface area contributed by atoms with Gasteiger partial charge in [0.15, 0.2) is 6.61 Å². The number of nitrogens with one attached hydrogen (secondary N) is 1. The number of rotatable bonds is 5. The zero-order valence-corrected chi connectivity index (χ0v) is 13.2. The summed E-state index contributed by atoms with van der Waals surface area (Å²) in [6.45, 7) is -0.247. The van der Waals surface area contributed by atoms with E-state index in [0.717, 1.165) is 10.8 Å². The lowest BCUT2D eigenvalue weighted by Gasteiger charge is -2.10. The maximum Gasteiger partial charge on any atom is 0.259 e. The Kier molecular flexibility index (Phi) is 4.52. The minimum absolute atomic E-state index is 0.0997. The standard InChI is InChI=1S/C19H16N2O4/c20-18(23)11-25-15-7-3-6-14(10-15)21-19(24)16-8-12-4-1-2-5-13(12)9-17(16)22/h1-10,22H,11H2,(H2,20,23)(H,21,24). The maximum absolute atomic E-state index is 12.5. The van der Waals surface area contributed by atoms with Gasteiger partial charge in [-0.3, -0.25) is 9.59 Å². The Morgan fingerprint density at radius 1 is 1.00 bits per heavy atom. The van der Waals surface area contributed by atoms with Crippen LogP contribution in [-0.4, -0.2) is 23.5 Å². The Hall–Kier alpha value is -3.54. The summed E-state index contributed by atoms with van der Waals surface area (Å²) in [7, 11) is 0. The summed E-state index contributed by atoms with van der Waals surface area (Å²) >= 11 is 0. The van der Waals surface area contributed by atoms with Gasteiger partial charge in [-0.05, 0) is 35.0 Å². The number of carbonyl (C=O) groups is 2.